The van der Waals surface area contributed by atoms with E-state index >= 15 is 0 Å². The molecule has 0 spiro atoms. The number of rotatable bonds is 2. The van der Waals surface area contributed by atoms with E-state index in [0.29, 0.717) is 28.0 Å². The Balaban J connectivity index is 1.94. The molecule has 122 valence electrons. The van der Waals surface area contributed by atoms with E-state index in [1.165, 1.54) is 22.7 Å². The molecular weight excluding hydrogens is 354 g/mol. The molecule has 0 aromatic carbocycles. The van der Waals surface area contributed by atoms with Crippen molar-refractivity contribution in [1.82, 2.24) is 15.2 Å². The van der Waals surface area contributed by atoms with Gasteiger partial charge in [0.15, 0.2) is 0 Å². The molecule has 0 unspecified atom stereocenters. The summed E-state index contributed by atoms with van der Waals surface area (Å²) in [5, 5.41) is 3.58. The first-order chi connectivity index (χ1) is 10.8. The summed E-state index contributed by atoms with van der Waals surface area (Å²) in [5.41, 5.74) is -0.181. The van der Waals surface area contributed by atoms with Gasteiger partial charge in [0, 0.05) is 13.1 Å². The second kappa shape index (κ2) is 5.89. The first-order valence-electron chi connectivity index (χ1n) is 7.14. The molecule has 1 saturated heterocycles. The minimum Gasteiger partial charge on any atom is -0.352 e. The highest BCUT2D eigenvalue weighted by molar-refractivity contribution is 7.24. The summed E-state index contributed by atoms with van der Waals surface area (Å²) in [6, 6.07) is 3.72. The number of halogens is 1. The normalized spacial score (nSPS) is 17.2. The van der Waals surface area contributed by atoms with Gasteiger partial charge < -0.3 is 10.2 Å². The SMILES string of the molecule is Cc1nc(-c2ccc(Cl)s2)sc1C(=O)N1CCNC(=O)C1(C)C. The third-order valence-corrected chi connectivity index (χ3v) is 6.42. The molecule has 0 saturated carbocycles. The molecule has 1 fully saturated rings. The first kappa shape index (κ1) is 16.4. The lowest BCUT2D eigenvalue weighted by atomic mass is 9.98. The lowest BCUT2D eigenvalue weighted by Gasteiger charge is -2.40. The van der Waals surface area contributed by atoms with Crippen LogP contribution in [0.1, 0.15) is 29.2 Å². The van der Waals surface area contributed by atoms with Gasteiger partial charge in [-0.15, -0.1) is 22.7 Å². The van der Waals surface area contributed by atoms with E-state index in [-0.39, 0.29) is 11.8 Å². The summed E-state index contributed by atoms with van der Waals surface area (Å²) in [7, 11) is 0. The summed E-state index contributed by atoms with van der Waals surface area (Å²) in [5.74, 6) is -0.279. The number of nitrogens with one attached hydrogen (secondary N) is 1. The van der Waals surface area contributed by atoms with Crippen LogP contribution >= 0.6 is 34.3 Å². The first-order valence-corrected chi connectivity index (χ1v) is 9.15. The van der Waals surface area contributed by atoms with Gasteiger partial charge in [-0.25, -0.2) is 4.98 Å². The van der Waals surface area contributed by atoms with Gasteiger partial charge in [0.1, 0.15) is 15.4 Å². The quantitative estimate of drug-likeness (QED) is 0.884. The number of hydrogen-bond donors (Lipinski definition) is 1. The predicted molar refractivity (Wildman–Crippen MR) is 93.3 cm³/mol. The standard InChI is InChI=1S/C15H16ClN3O2S2/c1-8-11(23-12(18-8)9-4-5-10(16)22-9)13(20)19-7-6-17-14(21)15(19,2)3/h4-5H,6-7H2,1-3H3,(H,17,21). The molecule has 0 atom stereocenters. The van der Waals surface area contributed by atoms with Crippen molar-refractivity contribution in [2.75, 3.05) is 13.1 Å². The summed E-state index contributed by atoms with van der Waals surface area (Å²) >= 11 is 8.75. The highest BCUT2D eigenvalue weighted by Crippen LogP contribution is 2.36. The van der Waals surface area contributed by atoms with Crippen LogP contribution in [0.15, 0.2) is 12.1 Å². The molecule has 0 bridgehead atoms. The molecule has 1 aliphatic rings. The number of hydrogen-bond acceptors (Lipinski definition) is 5. The summed E-state index contributed by atoms with van der Waals surface area (Å²) in [6.45, 7) is 6.30. The van der Waals surface area contributed by atoms with Crippen molar-refractivity contribution in [1.29, 1.82) is 0 Å². The molecule has 0 aliphatic carbocycles. The fourth-order valence-electron chi connectivity index (χ4n) is 2.51. The van der Waals surface area contributed by atoms with Crippen molar-refractivity contribution in [2.24, 2.45) is 0 Å². The van der Waals surface area contributed by atoms with Gasteiger partial charge in [-0.2, -0.15) is 0 Å². The zero-order chi connectivity index (χ0) is 16.8. The predicted octanol–water partition coefficient (Wildman–Crippen LogP) is 3.18. The van der Waals surface area contributed by atoms with Crippen LogP contribution in [-0.4, -0.2) is 40.3 Å². The monoisotopic (exact) mass is 369 g/mol. The van der Waals surface area contributed by atoms with Crippen LogP contribution in [0, 0.1) is 6.92 Å². The van der Waals surface area contributed by atoms with Crippen LogP contribution in [0.2, 0.25) is 4.34 Å². The number of piperazine rings is 1. The molecule has 1 N–H and O–H groups in total. The van der Waals surface area contributed by atoms with E-state index in [2.05, 4.69) is 10.3 Å². The Morgan fingerprint density at radius 1 is 1.39 bits per heavy atom. The average Bonchev–Trinajstić information content (AvgIpc) is 3.07. The molecule has 8 heteroatoms. The maximum atomic E-state index is 12.9. The van der Waals surface area contributed by atoms with Gasteiger partial charge in [-0.3, -0.25) is 9.59 Å². The fraction of sp³-hybridized carbons (Fsp3) is 0.400. The van der Waals surface area contributed by atoms with Crippen molar-refractivity contribution < 1.29 is 9.59 Å². The van der Waals surface area contributed by atoms with E-state index in [1.807, 2.05) is 19.1 Å². The zero-order valence-corrected chi connectivity index (χ0v) is 15.4. The molecule has 2 aromatic rings. The number of amides is 2. The van der Waals surface area contributed by atoms with Crippen LogP contribution < -0.4 is 5.32 Å². The van der Waals surface area contributed by atoms with E-state index in [4.69, 9.17) is 11.6 Å². The average molecular weight is 370 g/mol. The number of nitrogens with zero attached hydrogens (tertiary/aromatic N) is 2. The smallest absolute Gasteiger partial charge is 0.266 e. The van der Waals surface area contributed by atoms with Gasteiger partial charge in [0.2, 0.25) is 5.91 Å². The van der Waals surface area contributed by atoms with Crippen LogP contribution in [-0.2, 0) is 4.79 Å². The van der Waals surface area contributed by atoms with Gasteiger partial charge in [-0.1, -0.05) is 11.6 Å². The summed E-state index contributed by atoms with van der Waals surface area (Å²) in [4.78, 5) is 32.6. The van der Waals surface area contributed by atoms with E-state index < -0.39 is 5.54 Å². The minimum absolute atomic E-state index is 0.135. The third-order valence-electron chi connectivity index (χ3n) is 3.87. The molecular formula is C15H16ClN3O2S2. The zero-order valence-electron chi connectivity index (χ0n) is 13.0. The molecule has 23 heavy (non-hydrogen) atoms. The Hall–Kier alpha value is -1.44. The Labute approximate surface area is 147 Å². The van der Waals surface area contributed by atoms with Gasteiger partial charge in [0.25, 0.3) is 5.91 Å². The fourth-order valence-corrected chi connectivity index (χ4v) is 4.62. The topological polar surface area (TPSA) is 62.3 Å². The maximum Gasteiger partial charge on any atom is 0.266 e. The van der Waals surface area contributed by atoms with Gasteiger partial charge in [-0.05, 0) is 32.9 Å². The Kier molecular flexibility index (Phi) is 4.20. The van der Waals surface area contributed by atoms with Crippen LogP contribution in [0.3, 0.4) is 0 Å². The van der Waals surface area contributed by atoms with Crippen LogP contribution in [0.4, 0.5) is 0 Å². The highest BCUT2D eigenvalue weighted by atomic mass is 35.5. The summed E-state index contributed by atoms with van der Waals surface area (Å²) < 4.78 is 0.689. The molecule has 0 radical (unpaired) electrons. The lowest BCUT2D eigenvalue weighted by molar-refractivity contribution is -0.133. The number of carbonyl (C=O) groups excluding carboxylic acids is 2. The van der Waals surface area contributed by atoms with E-state index in [0.717, 1.165) is 9.88 Å². The second-order valence-electron chi connectivity index (χ2n) is 5.81. The van der Waals surface area contributed by atoms with Crippen molar-refractivity contribution in [3.63, 3.8) is 0 Å². The Bertz CT molecular complexity index is 782. The molecule has 1 aliphatic heterocycles. The van der Waals surface area contributed by atoms with Crippen molar-refractivity contribution in [3.05, 3.63) is 27.0 Å². The molecule has 3 rings (SSSR count). The van der Waals surface area contributed by atoms with E-state index in [1.54, 1.807) is 18.7 Å². The van der Waals surface area contributed by atoms with E-state index in [9.17, 15) is 9.59 Å². The Morgan fingerprint density at radius 2 is 2.13 bits per heavy atom. The summed E-state index contributed by atoms with van der Waals surface area (Å²) in [6.07, 6.45) is 0. The number of carbonyl (C=O) groups is 2. The van der Waals surface area contributed by atoms with Gasteiger partial charge >= 0.3 is 0 Å². The number of aryl methyl sites for hydroxylation is 1. The van der Waals surface area contributed by atoms with Crippen molar-refractivity contribution >= 4 is 46.1 Å². The molecule has 3 heterocycles. The van der Waals surface area contributed by atoms with Crippen LogP contribution in [0.25, 0.3) is 9.88 Å². The molecule has 2 amide bonds. The molecule has 5 nitrogen and oxygen atoms in total. The Morgan fingerprint density at radius 3 is 2.78 bits per heavy atom. The lowest BCUT2D eigenvalue weighted by Crippen LogP contribution is -2.63. The third kappa shape index (κ3) is 2.88. The minimum atomic E-state index is -0.863. The van der Waals surface area contributed by atoms with Crippen molar-refractivity contribution in [2.45, 2.75) is 26.3 Å². The van der Waals surface area contributed by atoms with Crippen LogP contribution in [0.5, 0.6) is 0 Å². The number of aromatic nitrogens is 1. The van der Waals surface area contributed by atoms with Crippen molar-refractivity contribution in [3.8, 4) is 9.88 Å². The highest BCUT2D eigenvalue weighted by Gasteiger charge is 2.41. The largest absolute Gasteiger partial charge is 0.352 e. The number of thiophene rings is 1. The van der Waals surface area contributed by atoms with Gasteiger partial charge in [0.05, 0.1) is 14.9 Å². The molecule has 2 aromatic heterocycles. The second-order valence-corrected chi connectivity index (χ2v) is 8.52. The maximum absolute atomic E-state index is 12.9. The number of thiazole rings is 1.